The van der Waals surface area contributed by atoms with Crippen molar-refractivity contribution in [3.05, 3.63) is 35.6 Å². The van der Waals surface area contributed by atoms with Gasteiger partial charge in [-0.15, -0.1) is 0 Å². The van der Waals surface area contributed by atoms with Crippen LogP contribution in [0.5, 0.6) is 0 Å². The summed E-state index contributed by atoms with van der Waals surface area (Å²) in [4.78, 5) is 15.5. The number of carbonyl (C=O) groups is 1. The maximum atomic E-state index is 13.7. The minimum atomic E-state index is -0.832. The lowest BCUT2D eigenvalue weighted by Gasteiger charge is -2.41. The minimum Gasteiger partial charge on any atom is -0.465 e. The summed E-state index contributed by atoms with van der Waals surface area (Å²) in [6.45, 7) is 4.27. The molecule has 1 aliphatic heterocycles. The summed E-state index contributed by atoms with van der Waals surface area (Å²) in [7, 11) is 0. The molecular formula is C21H28FN3O2. The molecule has 146 valence electrons. The standard InChI is InChI=1S/C21H28FN3O2/c1-2-18-14-24(11-4-12-25(18)20(26)27)19-7-9-21(15-23,10-8-19)16-5-3-6-17(22)13-16/h3,5-6,13,18-19H,2,4,7-12,14H2,1H3,(H,26,27). The van der Waals surface area contributed by atoms with E-state index in [2.05, 4.69) is 11.0 Å². The van der Waals surface area contributed by atoms with E-state index in [9.17, 15) is 19.6 Å². The molecule has 1 aromatic rings. The van der Waals surface area contributed by atoms with Crippen LogP contribution >= 0.6 is 0 Å². The highest BCUT2D eigenvalue weighted by Crippen LogP contribution is 2.41. The Morgan fingerprint density at radius 1 is 1.37 bits per heavy atom. The Balaban J connectivity index is 1.69. The molecule has 0 aromatic heterocycles. The predicted molar refractivity (Wildman–Crippen MR) is 101 cm³/mol. The van der Waals surface area contributed by atoms with Gasteiger partial charge in [0.15, 0.2) is 0 Å². The van der Waals surface area contributed by atoms with Gasteiger partial charge in [-0.05, 0) is 56.2 Å². The Labute approximate surface area is 160 Å². The molecule has 3 rings (SSSR count). The van der Waals surface area contributed by atoms with Gasteiger partial charge < -0.3 is 10.0 Å². The van der Waals surface area contributed by atoms with E-state index in [1.54, 1.807) is 11.0 Å². The van der Waals surface area contributed by atoms with Crippen LogP contribution in [0.3, 0.4) is 0 Å². The van der Waals surface area contributed by atoms with E-state index < -0.39 is 11.5 Å². The number of nitrogens with zero attached hydrogens (tertiary/aromatic N) is 3. The summed E-state index contributed by atoms with van der Waals surface area (Å²) in [5, 5.41) is 19.3. The quantitative estimate of drug-likeness (QED) is 0.870. The van der Waals surface area contributed by atoms with Crippen molar-refractivity contribution in [2.75, 3.05) is 19.6 Å². The first-order chi connectivity index (χ1) is 13.0. The Hall–Kier alpha value is -2.13. The smallest absolute Gasteiger partial charge is 0.407 e. The molecule has 1 saturated heterocycles. The molecule has 27 heavy (non-hydrogen) atoms. The topological polar surface area (TPSA) is 67.6 Å². The number of benzene rings is 1. The minimum absolute atomic E-state index is 0.0240. The van der Waals surface area contributed by atoms with Crippen LogP contribution in [-0.4, -0.2) is 52.7 Å². The van der Waals surface area contributed by atoms with Crippen LogP contribution in [0.4, 0.5) is 9.18 Å². The Morgan fingerprint density at radius 2 is 2.11 bits per heavy atom. The van der Waals surface area contributed by atoms with E-state index in [1.807, 2.05) is 13.0 Å². The molecule has 2 fully saturated rings. The Morgan fingerprint density at radius 3 is 2.70 bits per heavy atom. The van der Waals surface area contributed by atoms with E-state index in [1.165, 1.54) is 12.1 Å². The van der Waals surface area contributed by atoms with Crippen LogP contribution in [0.1, 0.15) is 51.0 Å². The molecule has 1 aromatic carbocycles. The van der Waals surface area contributed by atoms with Crippen LogP contribution in [0, 0.1) is 17.1 Å². The summed E-state index contributed by atoms with van der Waals surface area (Å²) in [5.41, 5.74) is 0.171. The van der Waals surface area contributed by atoms with Gasteiger partial charge in [-0.25, -0.2) is 9.18 Å². The van der Waals surface area contributed by atoms with E-state index >= 15 is 0 Å². The van der Waals surface area contributed by atoms with Gasteiger partial charge in [0, 0.05) is 31.7 Å². The zero-order chi connectivity index (χ0) is 19.4. The summed E-state index contributed by atoms with van der Waals surface area (Å²) < 4.78 is 13.7. The zero-order valence-electron chi connectivity index (χ0n) is 15.9. The Bertz CT molecular complexity index is 710. The lowest BCUT2D eigenvalue weighted by molar-refractivity contribution is 0.101. The molecule has 1 heterocycles. The molecule has 0 spiro atoms. The van der Waals surface area contributed by atoms with Gasteiger partial charge in [0.1, 0.15) is 5.82 Å². The van der Waals surface area contributed by atoms with Crippen molar-refractivity contribution in [1.29, 1.82) is 5.26 Å². The SMILES string of the molecule is CCC1CN(C2CCC(C#N)(c3cccc(F)c3)CC2)CCCN1C(=O)O. The lowest BCUT2D eigenvalue weighted by atomic mass is 9.69. The van der Waals surface area contributed by atoms with E-state index in [4.69, 9.17) is 0 Å². The van der Waals surface area contributed by atoms with Crippen molar-refractivity contribution in [3.8, 4) is 6.07 Å². The fraction of sp³-hybridized carbons (Fsp3) is 0.619. The fourth-order valence-corrected chi connectivity index (χ4v) is 4.73. The van der Waals surface area contributed by atoms with Crippen molar-refractivity contribution in [2.45, 2.75) is 62.9 Å². The summed E-state index contributed by atoms with van der Waals surface area (Å²) in [6, 6.07) is 9.30. The molecule has 2 aliphatic rings. The normalized spacial score (nSPS) is 29.7. The average molecular weight is 373 g/mol. The van der Waals surface area contributed by atoms with Crippen molar-refractivity contribution in [1.82, 2.24) is 9.80 Å². The third-order valence-corrected chi connectivity index (χ3v) is 6.36. The van der Waals surface area contributed by atoms with Crippen molar-refractivity contribution in [3.63, 3.8) is 0 Å². The second-order valence-electron chi connectivity index (χ2n) is 7.82. The molecule has 1 unspecified atom stereocenters. The first-order valence-corrected chi connectivity index (χ1v) is 9.90. The van der Waals surface area contributed by atoms with Gasteiger partial charge in [0.2, 0.25) is 0 Å². The fourth-order valence-electron chi connectivity index (χ4n) is 4.73. The summed E-state index contributed by atoms with van der Waals surface area (Å²) in [6.07, 6.45) is 4.01. The zero-order valence-corrected chi connectivity index (χ0v) is 15.9. The number of rotatable bonds is 3. The van der Waals surface area contributed by atoms with Gasteiger partial charge in [-0.2, -0.15) is 5.26 Å². The summed E-state index contributed by atoms with van der Waals surface area (Å²) in [5.74, 6) is -0.295. The molecular weight excluding hydrogens is 345 g/mol. The van der Waals surface area contributed by atoms with Gasteiger partial charge in [0.05, 0.1) is 11.5 Å². The predicted octanol–water partition coefficient (Wildman–Crippen LogP) is 3.99. The van der Waals surface area contributed by atoms with Gasteiger partial charge in [0.25, 0.3) is 0 Å². The number of hydrogen-bond donors (Lipinski definition) is 1. The van der Waals surface area contributed by atoms with E-state index in [0.717, 1.165) is 44.3 Å². The third-order valence-electron chi connectivity index (χ3n) is 6.36. The van der Waals surface area contributed by atoms with Crippen LogP contribution in [0.25, 0.3) is 0 Å². The molecule has 6 heteroatoms. The number of carboxylic acid groups (broad SMARTS) is 1. The monoisotopic (exact) mass is 373 g/mol. The molecule has 1 saturated carbocycles. The van der Waals surface area contributed by atoms with Crippen LogP contribution in [0.2, 0.25) is 0 Å². The second kappa shape index (κ2) is 8.26. The van der Waals surface area contributed by atoms with Gasteiger partial charge in [-0.3, -0.25) is 4.90 Å². The van der Waals surface area contributed by atoms with Crippen molar-refractivity contribution >= 4 is 6.09 Å². The molecule has 1 atom stereocenters. The maximum absolute atomic E-state index is 13.7. The first-order valence-electron chi connectivity index (χ1n) is 9.90. The van der Waals surface area contributed by atoms with Gasteiger partial charge >= 0.3 is 6.09 Å². The van der Waals surface area contributed by atoms with E-state index in [0.29, 0.717) is 25.4 Å². The van der Waals surface area contributed by atoms with Crippen LogP contribution < -0.4 is 0 Å². The molecule has 0 radical (unpaired) electrons. The summed E-state index contributed by atoms with van der Waals surface area (Å²) >= 11 is 0. The molecule has 1 aliphatic carbocycles. The third kappa shape index (κ3) is 4.08. The molecule has 1 N–H and O–H groups in total. The van der Waals surface area contributed by atoms with E-state index in [-0.39, 0.29) is 11.9 Å². The number of nitriles is 1. The van der Waals surface area contributed by atoms with Gasteiger partial charge in [-0.1, -0.05) is 19.1 Å². The molecule has 1 amide bonds. The highest BCUT2D eigenvalue weighted by molar-refractivity contribution is 5.65. The lowest BCUT2D eigenvalue weighted by Crippen LogP contribution is -2.47. The molecule has 5 nitrogen and oxygen atoms in total. The number of halogens is 1. The number of hydrogen-bond acceptors (Lipinski definition) is 3. The maximum Gasteiger partial charge on any atom is 0.407 e. The second-order valence-corrected chi connectivity index (χ2v) is 7.82. The highest BCUT2D eigenvalue weighted by atomic mass is 19.1. The highest BCUT2D eigenvalue weighted by Gasteiger charge is 2.40. The van der Waals surface area contributed by atoms with Crippen LogP contribution in [-0.2, 0) is 5.41 Å². The average Bonchev–Trinajstić information content (AvgIpc) is 2.90. The first kappa shape index (κ1) is 19.6. The Kier molecular flexibility index (Phi) is 6.01. The molecule has 0 bridgehead atoms. The van der Waals surface area contributed by atoms with Crippen molar-refractivity contribution < 1.29 is 14.3 Å². The van der Waals surface area contributed by atoms with Crippen LogP contribution in [0.15, 0.2) is 24.3 Å². The largest absolute Gasteiger partial charge is 0.465 e. The number of amides is 1. The van der Waals surface area contributed by atoms with Crippen molar-refractivity contribution in [2.24, 2.45) is 0 Å².